The number of halogens is 3. The minimum absolute atomic E-state index is 0.188. The number of amides is 1. The first kappa shape index (κ1) is 11.9. The number of alkyl halides is 3. The van der Waals surface area contributed by atoms with Crippen molar-refractivity contribution >= 4 is 23.5 Å². The van der Waals surface area contributed by atoms with Gasteiger partial charge >= 0.3 is 6.18 Å². The monoisotopic (exact) mass is 267 g/mol. The molecule has 0 fully saturated rings. The van der Waals surface area contributed by atoms with Crippen molar-refractivity contribution in [2.75, 3.05) is 7.05 Å². The highest BCUT2D eigenvalue weighted by atomic mass is 19.4. The molecule has 0 radical (unpaired) electrons. The zero-order valence-corrected chi connectivity index (χ0v) is 9.77. The van der Waals surface area contributed by atoms with E-state index in [2.05, 4.69) is 10.1 Å². The molecule has 7 heteroatoms. The predicted octanol–water partition coefficient (Wildman–Crippen LogP) is 2.21. The number of carbonyl (C=O) groups excluding carboxylic acids is 1. The van der Waals surface area contributed by atoms with Gasteiger partial charge in [0.1, 0.15) is 5.92 Å². The van der Waals surface area contributed by atoms with E-state index >= 15 is 0 Å². The van der Waals surface area contributed by atoms with Crippen LogP contribution in [-0.4, -0.2) is 29.9 Å². The summed E-state index contributed by atoms with van der Waals surface area (Å²) in [5.41, 5.74) is 0.345. The zero-order valence-electron chi connectivity index (χ0n) is 9.77. The first-order valence-corrected chi connectivity index (χ1v) is 5.50. The summed E-state index contributed by atoms with van der Waals surface area (Å²) in [5.74, 6) is -0.821. The highest BCUT2D eigenvalue weighted by Gasteiger charge is 2.38. The molecule has 0 saturated carbocycles. The molecule has 2 heterocycles. The predicted molar refractivity (Wildman–Crippen MR) is 62.4 cm³/mol. The summed E-state index contributed by atoms with van der Waals surface area (Å²) in [6, 6.07) is 3.25. The van der Waals surface area contributed by atoms with E-state index in [1.54, 1.807) is 0 Å². The molecule has 19 heavy (non-hydrogen) atoms. The standard InChI is InChI=1S/C12H8F3N3O/c1-18-11(19)8-5-16-9-4-6(12(13,14)15)2-3-7(9)10(8)17-18/h2-5,8H,1H3. The number of benzene rings is 1. The lowest BCUT2D eigenvalue weighted by Crippen LogP contribution is -2.27. The first-order chi connectivity index (χ1) is 8.88. The normalized spacial score (nSPS) is 21.3. The molecule has 0 saturated heterocycles. The van der Waals surface area contributed by atoms with E-state index in [9.17, 15) is 18.0 Å². The van der Waals surface area contributed by atoms with E-state index < -0.39 is 17.7 Å². The van der Waals surface area contributed by atoms with E-state index in [-0.39, 0.29) is 11.6 Å². The molecule has 3 rings (SSSR count). The minimum atomic E-state index is -4.41. The van der Waals surface area contributed by atoms with Gasteiger partial charge in [0.05, 0.1) is 17.0 Å². The molecular weight excluding hydrogens is 259 g/mol. The lowest BCUT2D eigenvalue weighted by Gasteiger charge is -2.16. The summed E-state index contributed by atoms with van der Waals surface area (Å²) in [6.45, 7) is 0. The van der Waals surface area contributed by atoms with Crippen LogP contribution in [0.3, 0.4) is 0 Å². The van der Waals surface area contributed by atoms with Gasteiger partial charge in [0.2, 0.25) is 0 Å². The second-order valence-electron chi connectivity index (χ2n) is 4.33. The molecule has 0 bridgehead atoms. The number of carbonyl (C=O) groups is 1. The molecule has 0 aliphatic carbocycles. The van der Waals surface area contributed by atoms with Crippen LogP contribution in [0.4, 0.5) is 18.9 Å². The fraction of sp³-hybridized carbons (Fsp3) is 0.250. The summed E-state index contributed by atoms with van der Waals surface area (Å²) in [4.78, 5) is 15.7. The average molecular weight is 267 g/mol. The summed E-state index contributed by atoms with van der Waals surface area (Å²) in [6.07, 6.45) is -3.07. The molecule has 1 amide bonds. The van der Waals surface area contributed by atoms with Crippen molar-refractivity contribution in [2.45, 2.75) is 6.18 Å². The van der Waals surface area contributed by atoms with Crippen molar-refractivity contribution in [3.8, 4) is 0 Å². The number of aliphatic imine (C=N–C) groups is 1. The van der Waals surface area contributed by atoms with Gasteiger partial charge in [-0.3, -0.25) is 9.79 Å². The highest BCUT2D eigenvalue weighted by Crippen LogP contribution is 2.36. The Bertz CT molecular complexity index is 634. The maximum Gasteiger partial charge on any atom is 0.416 e. The number of hydrogen-bond acceptors (Lipinski definition) is 3. The smallest absolute Gasteiger partial charge is 0.272 e. The van der Waals surface area contributed by atoms with Crippen LogP contribution in [0.25, 0.3) is 0 Å². The zero-order chi connectivity index (χ0) is 13.8. The van der Waals surface area contributed by atoms with E-state index in [1.165, 1.54) is 24.3 Å². The Morgan fingerprint density at radius 1 is 1.32 bits per heavy atom. The molecule has 0 aromatic heterocycles. The molecule has 1 unspecified atom stereocenters. The van der Waals surface area contributed by atoms with Crippen molar-refractivity contribution in [3.63, 3.8) is 0 Å². The summed E-state index contributed by atoms with van der Waals surface area (Å²) in [7, 11) is 1.51. The van der Waals surface area contributed by atoms with E-state index in [0.29, 0.717) is 11.3 Å². The Morgan fingerprint density at radius 3 is 2.74 bits per heavy atom. The topological polar surface area (TPSA) is 45.0 Å². The van der Waals surface area contributed by atoms with Gasteiger partial charge in [0.15, 0.2) is 0 Å². The number of hydrazone groups is 1. The number of hydrogen-bond donors (Lipinski definition) is 0. The summed E-state index contributed by atoms with van der Waals surface area (Å²) >= 11 is 0. The van der Waals surface area contributed by atoms with Crippen LogP contribution in [-0.2, 0) is 11.0 Å². The van der Waals surface area contributed by atoms with Crippen LogP contribution in [0.5, 0.6) is 0 Å². The van der Waals surface area contributed by atoms with Gasteiger partial charge in [-0.25, -0.2) is 5.01 Å². The highest BCUT2D eigenvalue weighted by molar-refractivity contribution is 6.27. The molecule has 2 aliphatic rings. The number of rotatable bonds is 0. The Labute approximate surface area is 106 Å². The van der Waals surface area contributed by atoms with Gasteiger partial charge in [-0.05, 0) is 12.1 Å². The molecule has 0 N–H and O–H groups in total. The van der Waals surface area contributed by atoms with Gasteiger partial charge in [-0.15, -0.1) is 0 Å². The first-order valence-electron chi connectivity index (χ1n) is 5.50. The van der Waals surface area contributed by atoms with Crippen molar-refractivity contribution in [1.29, 1.82) is 0 Å². The largest absolute Gasteiger partial charge is 0.416 e. The van der Waals surface area contributed by atoms with Crippen LogP contribution >= 0.6 is 0 Å². The summed E-state index contributed by atoms with van der Waals surface area (Å²) in [5, 5.41) is 5.23. The Hall–Kier alpha value is -2.18. The Balaban J connectivity index is 2.11. The van der Waals surface area contributed by atoms with Crippen LogP contribution in [0.2, 0.25) is 0 Å². The Kier molecular flexibility index (Phi) is 2.29. The van der Waals surface area contributed by atoms with E-state index in [1.807, 2.05) is 0 Å². The second kappa shape index (κ2) is 3.66. The van der Waals surface area contributed by atoms with Crippen molar-refractivity contribution in [3.05, 3.63) is 29.3 Å². The van der Waals surface area contributed by atoms with Crippen molar-refractivity contribution in [1.82, 2.24) is 5.01 Å². The van der Waals surface area contributed by atoms with E-state index in [0.717, 1.165) is 12.1 Å². The molecule has 4 nitrogen and oxygen atoms in total. The SMILES string of the molecule is CN1N=C2c3ccc(C(F)(F)F)cc3N=CC2C1=O. The minimum Gasteiger partial charge on any atom is -0.272 e. The maximum atomic E-state index is 12.6. The fourth-order valence-corrected chi connectivity index (χ4v) is 2.13. The molecule has 2 aliphatic heterocycles. The molecule has 1 atom stereocenters. The quantitative estimate of drug-likeness (QED) is 0.710. The lowest BCUT2D eigenvalue weighted by atomic mass is 9.93. The van der Waals surface area contributed by atoms with Gasteiger partial charge < -0.3 is 0 Å². The summed E-state index contributed by atoms with van der Waals surface area (Å²) < 4.78 is 37.8. The average Bonchev–Trinajstić information content (AvgIpc) is 2.64. The third-order valence-electron chi connectivity index (χ3n) is 3.10. The third-order valence-corrected chi connectivity index (χ3v) is 3.10. The third kappa shape index (κ3) is 1.73. The Morgan fingerprint density at radius 2 is 2.05 bits per heavy atom. The van der Waals surface area contributed by atoms with Crippen molar-refractivity contribution < 1.29 is 18.0 Å². The molecule has 0 spiro atoms. The number of nitrogens with zero attached hydrogens (tertiary/aromatic N) is 3. The number of fused-ring (bicyclic) bond motifs is 3. The van der Waals surface area contributed by atoms with Gasteiger partial charge in [-0.1, -0.05) is 6.07 Å². The van der Waals surface area contributed by atoms with Gasteiger partial charge in [0.25, 0.3) is 5.91 Å². The van der Waals surface area contributed by atoms with Crippen LogP contribution < -0.4 is 0 Å². The van der Waals surface area contributed by atoms with Gasteiger partial charge in [0, 0.05) is 18.8 Å². The van der Waals surface area contributed by atoms with Crippen LogP contribution in [0, 0.1) is 5.92 Å². The fourth-order valence-electron chi connectivity index (χ4n) is 2.13. The molecule has 1 aromatic rings. The van der Waals surface area contributed by atoms with Crippen molar-refractivity contribution in [2.24, 2.45) is 16.0 Å². The maximum absolute atomic E-state index is 12.6. The van der Waals surface area contributed by atoms with Crippen LogP contribution in [0.1, 0.15) is 11.1 Å². The molecular formula is C12H8F3N3O. The molecule has 98 valence electrons. The second-order valence-corrected chi connectivity index (χ2v) is 4.33. The molecule has 1 aromatic carbocycles. The van der Waals surface area contributed by atoms with Gasteiger partial charge in [-0.2, -0.15) is 18.3 Å². The lowest BCUT2D eigenvalue weighted by molar-refractivity contribution is -0.137. The van der Waals surface area contributed by atoms with E-state index in [4.69, 9.17) is 0 Å². The van der Waals surface area contributed by atoms with Crippen LogP contribution in [0.15, 0.2) is 28.3 Å².